The van der Waals surface area contributed by atoms with E-state index in [0.29, 0.717) is 33.4 Å². The van der Waals surface area contributed by atoms with Crippen molar-refractivity contribution in [2.24, 2.45) is 0 Å². The molecule has 0 saturated carbocycles. The lowest BCUT2D eigenvalue weighted by molar-refractivity contribution is -0.135. The maximum absolute atomic E-state index is 13.2. The number of carbonyl (C=O) groups excluding carboxylic acids is 2. The second kappa shape index (κ2) is 9.46. The third-order valence-corrected chi connectivity index (χ3v) is 5.37. The van der Waals surface area contributed by atoms with Gasteiger partial charge in [0.05, 0.1) is 28.4 Å². The molecular formula is C22H16Cl2N4O6. The Morgan fingerprint density at radius 2 is 1.82 bits per heavy atom. The zero-order valence-corrected chi connectivity index (χ0v) is 19.0. The Morgan fingerprint density at radius 3 is 2.50 bits per heavy atom. The van der Waals surface area contributed by atoms with Gasteiger partial charge in [0.25, 0.3) is 5.91 Å². The maximum Gasteiger partial charge on any atom is 0.323 e. The van der Waals surface area contributed by atoms with Crippen LogP contribution in [0, 0.1) is 0 Å². The number of carboxylic acids is 1. The number of carbonyl (C=O) groups is 3. The van der Waals surface area contributed by atoms with Gasteiger partial charge < -0.3 is 30.2 Å². The van der Waals surface area contributed by atoms with Gasteiger partial charge in [-0.25, -0.2) is 4.79 Å². The number of aliphatic carboxylic acids is 1. The number of nitrogens with zero attached hydrogens (tertiary/aromatic N) is 1. The number of pyridine rings is 1. The summed E-state index contributed by atoms with van der Waals surface area (Å²) < 4.78 is 11.3. The summed E-state index contributed by atoms with van der Waals surface area (Å²) in [4.78, 5) is 39.7. The lowest BCUT2D eigenvalue weighted by Gasteiger charge is -2.10. The smallest absolute Gasteiger partial charge is 0.323 e. The second-order valence-corrected chi connectivity index (χ2v) is 7.78. The van der Waals surface area contributed by atoms with E-state index in [1.54, 1.807) is 30.3 Å². The highest BCUT2D eigenvalue weighted by molar-refractivity contribution is 6.40. The van der Waals surface area contributed by atoms with Crippen LogP contribution < -0.4 is 20.7 Å². The van der Waals surface area contributed by atoms with E-state index < -0.39 is 24.5 Å². The molecule has 174 valence electrons. The van der Waals surface area contributed by atoms with Gasteiger partial charge in [-0.2, -0.15) is 0 Å². The van der Waals surface area contributed by atoms with Crippen LogP contribution in [0.1, 0.15) is 10.4 Å². The second-order valence-electron chi connectivity index (χ2n) is 6.97. The molecule has 0 aliphatic carbocycles. The van der Waals surface area contributed by atoms with Crippen LogP contribution in [0.2, 0.25) is 10.0 Å². The molecular weight excluding hydrogens is 487 g/mol. The van der Waals surface area contributed by atoms with Crippen molar-refractivity contribution in [2.75, 3.05) is 24.3 Å². The highest BCUT2D eigenvalue weighted by Crippen LogP contribution is 2.39. The van der Waals surface area contributed by atoms with Gasteiger partial charge in [-0.15, -0.1) is 0 Å². The minimum absolute atomic E-state index is 0.168. The number of methoxy groups -OCH3 is 1. The Morgan fingerprint density at radius 1 is 1.09 bits per heavy atom. The average Bonchev–Trinajstić information content (AvgIpc) is 3.18. The van der Waals surface area contributed by atoms with Gasteiger partial charge >= 0.3 is 12.0 Å². The molecule has 0 radical (unpaired) electrons. The Hall–Kier alpha value is -4.02. The number of urea groups is 1. The molecule has 0 spiro atoms. The van der Waals surface area contributed by atoms with E-state index in [1.165, 1.54) is 19.5 Å². The molecule has 12 heteroatoms. The molecule has 2 aromatic heterocycles. The quantitative estimate of drug-likeness (QED) is 0.297. The van der Waals surface area contributed by atoms with Gasteiger partial charge in [-0.3, -0.25) is 14.6 Å². The number of rotatable bonds is 6. The fraction of sp³-hybridized carbons (Fsp3) is 0.0909. The third kappa shape index (κ3) is 4.54. The van der Waals surface area contributed by atoms with Gasteiger partial charge in [0.2, 0.25) is 0 Å². The first-order valence-corrected chi connectivity index (χ1v) is 10.4. The molecule has 2 aromatic carbocycles. The first-order valence-electron chi connectivity index (χ1n) is 9.68. The van der Waals surface area contributed by atoms with E-state index in [0.717, 1.165) is 0 Å². The largest absolute Gasteiger partial charge is 0.493 e. The van der Waals surface area contributed by atoms with Crippen molar-refractivity contribution in [3.8, 4) is 5.75 Å². The zero-order valence-electron chi connectivity index (χ0n) is 17.4. The fourth-order valence-electron chi connectivity index (χ4n) is 3.33. The fourth-order valence-corrected chi connectivity index (χ4v) is 3.79. The monoisotopic (exact) mass is 502 g/mol. The summed E-state index contributed by atoms with van der Waals surface area (Å²) in [6.07, 6.45) is 2.71. The highest BCUT2D eigenvalue weighted by atomic mass is 35.5. The summed E-state index contributed by atoms with van der Waals surface area (Å²) in [6, 6.07) is 7.24. The number of halogens is 2. The van der Waals surface area contributed by atoms with Crippen LogP contribution in [0.4, 0.5) is 16.2 Å². The number of nitrogens with one attached hydrogen (secondary N) is 3. The maximum atomic E-state index is 13.2. The number of aromatic nitrogens is 1. The van der Waals surface area contributed by atoms with E-state index in [4.69, 9.17) is 37.5 Å². The minimum atomic E-state index is -1.18. The molecule has 4 rings (SSSR count). The van der Waals surface area contributed by atoms with Crippen molar-refractivity contribution in [1.82, 2.24) is 10.3 Å². The highest BCUT2D eigenvalue weighted by Gasteiger charge is 2.21. The number of benzene rings is 2. The van der Waals surface area contributed by atoms with Crippen LogP contribution in [0.15, 0.2) is 47.1 Å². The van der Waals surface area contributed by atoms with Crippen molar-refractivity contribution in [2.45, 2.75) is 0 Å². The number of ether oxygens (including phenoxy) is 1. The van der Waals surface area contributed by atoms with E-state index >= 15 is 0 Å². The van der Waals surface area contributed by atoms with E-state index in [9.17, 15) is 14.4 Å². The average molecular weight is 503 g/mol. The minimum Gasteiger partial charge on any atom is -0.493 e. The van der Waals surface area contributed by atoms with Crippen molar-refractivity contribution in [3.05, 3.63) is 58.3 Å². The molecule has 3 amide bonds. The van der Waals surface area contributed by atoms with Crippen molar-refractivity contribution in [3.63, 3.8) is 0 Å². The Labute approximate surface area is 201 Å². The predicted octanol–water partition coefficient (Wildman–Crippen LogP) is 4.75. The van der Waals surface area contributed by atoms with Crippen molar-refractivity contribution < 1.29 is 28.6 Å². The molecule has 0 atom stereocenters. The number of furan rings is 1. The normalized spacial score (nSPS) is 10.8. The topological polar surface area (TPSA) is 143 Å². The van der Waals surface area contributed by atoms with Crippen molar-refractivity contribution in [1.29, 1.82) is 0 Å². The van der Waals surface area contributed by atoms with E-state index in [-0.39, 0.29) is 21.3 Å². The molecule has 34 heavy (non-hydrogen) atoms. The number of anilines is 2. The molecule has 0 aliphatic heterocycles. The van der Waals surface area contributed by atoms with Gasteiger partial charge in [-0.05, 0) is 30.3 Å². The van der Waals surface area contributed by atoms with E-state index in [2.05, 4.69) is 20.9 Å². The van der Waals surface area contributed by atoms with Crippen LogP contribution >= 0.6 is 23.2 Å². The van der Waals surface area contributed by atoms with Crippen LogP contribution in [-0.2, 0) is 4.79 Å². The van der Waals surface area contributed by atoms with Crippen LogP contribution in [0.3, 0.4) is 0 Å². The zero-order chi connectivity index (χ0) is 24.4. The first-order chi connectivity index (χ1) is 16.3. The summed E-state index contributed by atoms with van der Waals surface area (Å²) in [7, 11) is 1.47. The van der Waals surface area contributed by atoms with Gasteiger partial charge in [0.15, 0.2) is 11.3 Å². The Bertz CT molecular complexity index is 1430. The first kappa shape index (κ1) is 23.1. The number of hydrogen-bond donors (Lipinski definition) is 4. The number of amides is 3. The molecule has 0 aliphatic rings. The predicted molar refractivity (Wildman–Crippen MR) is 127 cm³/mol. The number of carboxylic acid groups (broad SMARTS) is 1. The summed E-state index contributed by atoms with van der Waals surface area (Å²) >= 11 is 12.3. The summed E-state index contributed by atoms with van der Waals surface area (Å²) in [5, 5.41) is 17.4. The lowest BCUT2D eigenvalue weighted by atomic mass is 10.0. The summed E-state index contributed by atoms with van der Waals surface area (Å²) in [6.45, 7) is -0.537. The van der Waals surface area contributed by atoms with E-state index in [1.807, 2.05) is 0 Å². The van der Waals surface area contributed by atoms with Gasteiger partial charge in [0.1, 0.15) is 12.1 Å². The molecule has 2 heterocycles. The molecule has 0 unspecified atom stereocenters. The number of hydrogen-bond acceptors (Lipinski definition) is 6. The molecule has 0 saturated heterocycles. The molecule has 4 N–H and O–H groups in total. The summed E-state index contributed by atoms with van der Waals surface area (Å²) in [5.41, 5.74) is 1.56. The lowest BCUT2D eigenvalue weighted by Crippen LogP contribution is -2.33. The SMILES string of the molecule is COc1ccc(C(=O)Nc2c(Cl)cncc2Cl)c2c1oc1ccc(NC(=O)NCC(=O)O)cc12. The molecule has 0 bridgehead atoms. The molecule has 0 fully saturated rings. The Balaban J connectivity index is 1.78. The molecule has 10 nitrogen and oxygen atoms in total. The van der Waals surface area contributed by atoms with Crippen LogP contribution in [-0.4, -0.2) is 41.7 Å². The molecule has 4 aromatic rings. The number of fused-ring (bicyclic) bond motifs is 3. The summed E-state index contributed by atoms with van der Waals surface area (Å²) in [5.74, 6) is -1.29. The van der Waals surface area contributed by atoms with Gasteiger partial charge in [-0.1, -0.05) is 23.2 Å². The third-order valence-electron chi connectivity index (χ3n) is 4.80. The Kier molecular flexibility index (Phi) is 6.44. The standard InChI is InChI=1S/C22H16Cl2N4O6/c1-33-16-5-3-11(21(31)28-19-13(23)7-25-8-14(19)24)18-12-6-10(2-4-15(12)34-20(16)18)27-22(32)26-9-17(29)30/h2-8H,9H2,1H3,(H,29,30)(H,25,28,31)(H2,26,27,32). The van der Waals surface area contributed by atoms with Crippen molar-refractivity contribution >= 4 is 74.4 Å². The van der Waals surface area contributed by atoms with Crippen LogP contribution in [0.5, 0.6) is 5.75 Å². The van der Waals surface area contributed by atoms with Crippen LogP contribution in [0.25, 0.3) is 21.9 Å². The van der Waals surface area contributed by atoms with Gasteiger partial charge in [0, 0.05) is 28.9 Å².